The molecule has 1 aromatic rings. The molecule has 1 aliphatic heterocycles. The highest BCUT2D eigenvalue weighted by molar-refractivity contribution is 9.10. The first-order valence-electron chi connectivity index (χ1n) is 6.87. The van der Waals surface area contributed by atoms with Crippen LogP contribution in [0.15, 0.2) is 22.9 Å². The van der Waals surface area contributed by atoms with E-state index in [2.05, 4.69) is 26.2 Å². The number of halogens is 1. The maximum absolute atomic E-state index is 12.2. The lowest BCUT2D eigenvalue weighted by Crippen LogP contribution is -2.49. The van der Waals surface area contributed by atoms with E-state index >= 15 is 0 Å². The molecule has 0 radical (unpaired) electrons. The van der Waals surface area contributed by atoms with Crippen LogP contribution in [0.25, 0.3) is 0 Å². The number of hydrogen-bond acceptors (Lipinski definition) is 4. The summed E-state index contributed by atoms with van der Waals surface area (Å²) in [5, 5.41) is 3.06. The molecule has 1 N–H and O–H groups in total. The molecular weight excluding hydrogens is 324 g/mol. The van der Waals surface area contributed by atoms with Gasteiger partial charge in [0.15, 0.2) is 0 Å². The number of carbonyl (C=O) groups is 1. The maximum atomic E-state index is 12.2. The monoisotopic (exact) mass is 340 g/mol. The summed E-state index contributed by atoms with van der Waals surface area (Å²) >= 11 is 3.32. The second-order valence-corrected chi connectivity index (χ2v) is 6.11. The lowest BCUT2D eigenvalue weighted by molar-refractivity contribution is -0.157. The molecule has 0 spiro atoms. The van der Waals surface area contributed by atoms with Crippen LogP contribution in [-0.2, 0) is 9.47 Å². The van der Waals surface area contributed by atoms with Crippen LogP contribution in [0, 0.1) is 0 Å². The van der Waals surface area contributed by atoms with Crippen LogP contribution in [0.5, 0.6) is 0 Å². The fourth-order valence-corrected chi connectivity index (χ4v) is 3.17. The summed E-state index contributed by atoms with van der Waals surface area (Å²) in [6.45, 7) is 1.33. The zero-order valence-electron chi connectivity index (χ0n) is 11.0. The van der Waals surface area contributed by atoms with Crippen molar-refractivity contribution in [1.29, 1.82) is 0 Å². The average molecular weight is 341 g/mol. The predicted octanol–water partition coefficient (Wildman–Crippen LogP) is 1.91. The molecule has 0 aromatic carbocycles. The third kappa shape index (κ3) is 3.19. The number of amides is 1. The summed E-state index contributed by atoms with van der Waals surface area (Å²) < 4.78 is 12.2. The Labute approximate surface area is 126 Å². The van der Waals surface area contributed by atoms with Gasteiger partial charge in [-0.3, -0.25) is 9.78 Å². The minimum absolute atomic E-state index is 0.0843. The first-order chi connectivity index (χ1) is 9.72. The molecule has 1 saturated carbocycles. The van der Waals surface area contributed by atoms with Gasteiger partial charge < -0.3 is 14.8 Å². The van der Waals surface area contributed by atoms with E-state index in [1.54, 1.807) is 18.5 Å². The van der Waals surface area contributed by atoms with Crippen molar-refractivity contribution in [2.24, 2.45) is 0 Å². The van der Waals surface area contributed by atoms with E-state index in [0.717, 1.165) is 23.7 Å². The van der Waals surface area contributed by atoms with Crippen LogP contribution in [0.2, 0.25) is 0 Å². The molecule has 1 aliphatic carbocycles. The largest absolute Gasteiger partial charge is 0.373 e. The van der Waals surface area contributed by atoms with Crippen LogP contribution in [-0.4, -0.2) is 42.4 Å². The fraction of sp³-hybridized carbons (Fsp3) is 0.571. The Hall–Kier alpha value is -0.980. The lowest BCUT2D eigenvalue weighted by Gasteiger charge is -2.39. The SMILES string of the molecule is O=C(NC1CCC2OCCOC2C1)c1cncc(Br)c1. The highest BCUT2D eigenvalue weighted by Gasteiger charge is 2.34. The van der Waals surface area contributed by atoms with Gasteiger partial charge in [0.2, 0.25) is 0 Å². The van der Waals surface area contributed by atoms with E-state index in [-0.39, 0.29) is 24.2 Å². The minimum atomic E-state index is -0.0843. The molecule has 2 aliphatic rings. The topological polar surface area (TPSA) is 60.5 Å². The van der Waals surface area contributed by atoms with Gasteiger partial charge in [0.05, 0.1) is 31.0 Å². The van der Waals surface area contributed by atoms with E-state index in [1.165, 1.54) is 0 Å². The highest BCUT2D eigenvalue weighted by Crippen LogP contribution is 2.27. The number of pyridine rings is 1. The highest BCUT2D eigenvalue weighted by atomic mass is 79.9. The van der Waals surface area contributed by atoms with Crippen molar-refractivity contribution in [3.63, 3.8) is 0 Å². The van der Waals surface area contributed by atoms with E-state index in [1.807, 2.05) is 0 Å². The van der Waals surface area contributed by atoms with E-state index in [9.17, 15) is 4.79 Å². The van der Waals surface area contributed by atoms with Crippen molar-refractivity contribution < 1.29 is 14.3 Å². The first-order valence-corrected chi connectivity index (χ1v) is 7.66. The second kappa shape index (κ2) is 6.20. The predicted molar refractivity (Wildman–Crippen MR) is 76.5 cm³/mol. The fourth-order valence-electron chi connectivity index (χ4n) is 2.80. The molecule has 1 saturated heterocycles. The van der Waals surface area contributed by atoms with Gasteiger partial charge in [0.25, 0.3) is 5.91 Å². The van der Waals surface area contributed by atoms with E-state index in [4.69, 9.17) is 9.47 Å². The molecule has 1 aromatic heterocycles. The Bertz CT molecular complexity index is 497. The van der Waals surface area contributed by atoms with Crippen molar-refractivity contribution in [3.05, 3.63) is 28.5 Å². The Morgan fingerprint density at radius 3 is 2.85 bits per heavy atom. The van der Waals surface area contributed by atoms with E-state index < -0.39 is 0 Å². The van der Waals surface area contributed by atoms with Crippen LogP contribution in [0.3, 0.4) is 0 Å². The van der Waals surface area contributed by atoms with Gasteiger partial charge in [-0.1, -0.05) is 0 Å². The Morgan fingerprint density at radius 2 is 2.05 bits per heavy atom. The van der Waals surface area contributed by atoms with Gasteiger partial charge in [-0.05, 0) is 41.3 Å². The van der Waals surface area contributed by atoms with Gasteiger partial charge in [0, 0.05) is 22.9 Å². The third-order valence-corrected chi connectivity index (χ3v) is 4.21. The number of rotatable bonds is 2. The minimum Gasteiger partial charge on any atom is -0.373 e. The summed E-state index contributed by atoms with van der Waals surface area (Å²) in [4.78, 5) is 16.2. The van der Waals surface area contributed by atoms with Crippen LogP contribution in [0.1, 0.15) is 29.6 Å². The second-order valence-electron chi connectivity index (χ2n) is 5.19. The quantitative estimate of drug-likeness (QED) is 0.893. The van der Waals surface area contributed by atoms with Crippen LogP contribution < -0.4 is 5.32 Å². The number of carbonyl (C=O) groups excluding carboxylic acids is 1. The number of fused-ring (bicyclic) bond motifs is 1. The summed E-state index contributed by atoms with van der Waals surface area (Å²) in [5.74, 6) is -0.0843. The smallest absolute Gasteiger partial charge is 0.253 e. The number of aromatic nitrogens is 1. The number of nitrogens with zero attached hydrogens (tertiary/aromatic N) is 1. The summed E-state index contributed by atoms with van der Waals surface area (Å²) in [5.41, 5.74) is 0.572. The normalized spacial score (nSPS) is 29.6. The van der Waals surface area contributed by atoms with Gasteiger partial charge in [-0.25, -0.2) is 0 Å². The Balaban J connectivity index is 1.59. The van der Waals surface area contributed by atoms with Gasteiger partial charge in [-0.15, -0.1) is 0 Å². The summed E-state index contributed by atoms with van der Waals surface area (Å²) in [7, 11) is 0. The third-order valence-electron chi connectivity index (χ3n) is 3.78. The molecular formula is C14H17BrN2O3. The molecule has 3 rings (SSSR count). The molecule has 3 atom stereocenters. The number of nitrogens with one attached hydrogen (secondary N) is 1. The van der Waals surface area contributed by atoms with Crippen molar-refractivity contribution in [3.8, 4) is 0 Å². The number of ether oxygens (including phenoxy) is 2. The molecule has 1 amide bonds. The summed E-state index contributed by atoms with van der Waals surface area (Å²) in [6, 6.07) is 1.92. The van der Waals surface area contributed by atoms with Crippen LogP contribution in [0.4, 0.5) is 0 Å². The Morgan fingerprint density at radius 1 is 1.25 bits per heavy atom. The average Bonchev–Trinajstić information content (AvgIpc) is 2.47. The Kier molecular flexibility index (Phi) is 4.33. The standard InChI is InChI=1S/C14H17BrN2O3/c15-10-5-9(7-16-8-10)14(18)17-11-1-2-12-13(6-11)20-4-3-19-12/h5,7-8,11-13H,1-4,6H2,(H,17,18). The van der Waals surface area contributed by atoms with Crippen molar-refractivity contribution in [2.45, 2.75) is 37.5 Å². The van der Waals surface area contributed by atoms with Crippen molar-refractivity contribution in [2.75, 3.05) is 13.2 Å². The van der Waals surface area contributed by atoms with Crippen LogP contribution >= 0.6 is 15.9 Å². The van der Waals surface area contributed by atoms with Crippen molar-refractivity contribution >= 4 is 21.8 Å². The van der Waals surface area contributed by atoms with Gasteiger partial charge >= 0.3 is 0 Å². The number of hydrogen-bond donors (Lipinski definition) is 1. The molecule has 0 bridgehead atoms. The zero-order valence-corrected chi connectivity index (χ0v) is 12.6. The van der Waals surface area contributed by atoms with Crippen molar-refractivity contribution in [1.82, 2.24) is 10.3 Å². The first kappa shape index (κ1) is 14.0. The van der Waals surface area contributed by atoms with Gasteiger partial charge in [0.1, 0.15) is 0 Å². The molecule has 108 valence electrons. The molecule has 5 nitrogen and oxygen atoms in total. The molecule has 2 fully saturated rings. The molecule has 20 heavy (non-hydrogen) atoms. The molecule has 3 unspecified atom stereocenters. The lowest BCUT2D eigenvalue weighted by atomic mass is 9.89. The maximum Gasteiger partial charge on any atom is 0.253 e. The zero-order chi connectivity index (χ0) is 13.9. The van der Waals surface area contributed by atoms with E-state index in [0.29, 0.717) is 18.8 Å². The molecule has 6 heteroatoms. The molecule has 2 heterocycles. The van der Waals surface area contributed by atoms with Gasteiger partial charge in [-0.2, -0.15) is 0 Å². The summed E-state index contributed by atoms with van der Waals surface area (Å²) in [6.07, 6.45) is 6.23.